The second-order valence-corrected chi connectivity index (χ2v) is 4.34. The summed E-state index contributed by atoms with van der Waals surface area (Å²) in [6.07, 6.45) is 1.83. The second-order valence-electron chi connectivity index (χ2n) is 4.34. The summed E-state index contributed by atoms with van der Waals surface area (Å²) < 4.78 is 5.22. The zero-order valence-corrected chi connectivity index (χ0v) is 10.7. The molecule has 0 aliphatic rings. The average Bonchev–Trinajstić information content (AvgIpc) is 2.94. The smallest absolute Gasteiger partial charge is 0.119 e. The van der Waals surface area contributed by atoms with E-state index in [0.717, 1.165) is 28.9 Å². The molecule has 0 saturated heterocycles. The first kappa shape index (κ1) is 11.6. The highest BCUT2D eigenvalue weighted by Gasteiger charge is 2.02. The minimum Gasteiger partial charge on any atom is -0.497 e. The molecule has 2 aromatic carbocycles. The van der Waals surface area contributed by atoms with E-state index in [1.165, 1.54) is 5.56 Å². The van der Waals surface area contributed by atoms with Crippen LogP contribution in [0, 0.1) is 0 Å². The molecule has 0 amide bonds. The lowest BCUT2D eigenvalue weighted by atomic mass is 10.2. The molecule has 0 radical (unpaired) electrons. The lowest BCUT2D eigenvalue weighted by Gasteiger charge is -2.08. The molecule has 0 saturated carbocycles. The van der Waals surface area contributed by atoms with Gasteiger partial charge in [-0.2, -0.15) is 5.10 Å². The number of nitrogens with one attached hydrogen (secondary N) is 2. The number of fused-ring (bicyclic) bond motifs is 1. The van der Waals surface area contributed by atoms with Gasteiger partial charge in [0, 0.05) is 11.9 Å². The summed E-state index contributed by atoms with van der Waals surface area (Å²) in [5.41, 5.74) is 3.26. The summed E-state index contributed by atoms with van der Waals surface area (Å²) in [4.78, 5) is 0. The van der Waals surface area contributed by atoms with Crippen molar-refractivity contribution in [3.8, 4) is 5.75 Å². The van der Waals surface area contributed by atoms with Gasteiger partial charge in [-0.15, -0.1) is 0 Å². The van der Waals surface area contributed by atoms with E-state index < -0.39 is 0 Å². The number of methoxy groups -OCH3 is 1. The van der Waals surface area contributed by atoms with Gasteiger partial charge in [0.2, 0.25) is 0 Å². The van der Waals surface area contributed by atoms with Gasteiger partial charge in [0.1, 0.15) is 5.75 Å². The molecule has 0 fully saturated rings. The number of rotatable bonds is 4. The molecule has 1 aromatic heterocycles. The van der Waals surface area contributed by atoms with Gasteiger partial charge in [-0.3, -0.25) is 5.10 Å². The maximum absolute atomic E-state index is 5.22. The molecule has 4 heteroatoms. The Bertz CT molecular complexity index is 690. The van der Waals surface area contributed by atoms with Crippen LogP contribution in [-0.2, 0) is 6.54 Å². The van der Waals surface area contributed by atoms with Gasteiger partial charge in [0.15, 0.2) is 0 Å². The molecule has 0 bridgehead atoms. The maximum atomic E-state index is 5.22. The first-order chi connectivity index (χ1) is 9.36. The lowest BCUT2D eigenvalue weighted by molar-refractivity contribution is 0.414. The zero-order chi connectivity index (χ0) is 13.1. The van der Waals surface area contributed by atoms with Crippen LogP contribution >= 0.6 is 0 Å². The van der Waals surface area contributed by atoms with E-state index in [2.05, 4.69) is 21.6 Å². The molecule has 19 heavy (non-hydrogen) atoms. The van der Waals surface area contributed by atoms with Crippen molar-refractivity contribution in [1.82, 2.24) is 10.2 Å². The third kappa shape index (κ3) is 2.38. The number of nitrogens with zero attached hydrogens (tertiary/aromatic N) is 1. The Hall–Kier alpha value is -2.49. The fraction of sp³-hybridized carbons (Fsp3) is 0.133. The molecule has 4 nitrogen and oxygen atoms in total. The predicted octanol–water partition coefficient (Wildman–Crippen LogP) is 3.18. The van der Waals surface area contributed by atoms with Crippen molar-refractivity contribution in [1.29, 1.82) is 0 Å². The monoisotopic (exact) mass is 253 g/mol. The van der Waals surface area contributed by atoms with Crippen molar-refractivity contribution in [3.63, 3.8) is 0 Å². The van der Waals surface area contributed by atoms with E-state index >= 15 is 0 Å². The van der Waals surface area contributed by atoms with E-state index in [1.54, 1.807) is 7.11 Å². The number of H-pyrrole nitrogens is 1. The van der Waals surface area contributed by atoms with Crippen LogP contribution in [0.3, 0.4) is 0 Å². The van der Waals surface area contributed by atoms with E-state index in [0.29, 0.717) is 0 Å². The summed E-state index contributed by atoms with van der Waals surface area (Å²) in [6, 6.07) is 14.1. The van der Waals surface area contributed by atoms with Gasteiger partial charge in [0.05, 0.1) is 24.5 Å². The van der Waals surface area contributed by atoms with Crippen molar-refractivity contribution in [3.05, 3.63) is 54.2 Å². The summed E-state index contributed by atoms with van der Waals surface area (Å²) >= 11 is 0. The Kier molecular flexibility index (Phi) is 3.06. The molecule has 0 unspecified atom stereocenters. The molecular formula is C15H15N3O. The van der Waals surface area contributed by atoms with Crippen molar-refractivity contribution >= 4 is 16.6 Å². The molecule has 0 aliphatic heterocycles. The molecule has 3 aromatic rings. The number of ether oxygens (including phenoxy) is 1. The lowest BCUT2D eigenvalue weighted by Crippen LogP contribution is -2.00. The fourth-order valence-corrected chi connectivity index (χ4v) is 2.10. The third-order valence-electron chi connectivity index (χ3n) is 3.09. The molecule has 1 heterocycles. The van der Waals surface area contributed by atoms with Crippen LogP contribution in [0.2, 0.25) is 0 Å². The predicted molar refractivity (Wildman–Crippen MR) is 76.4 cm³/mol. The normalized spacial score (nSPS) is 10.6. The standard InChI is InChI=1S/C15H15N3O/c1-19-13-6-2-4-11(8-13)9-16-14-7-3-5-12-10-17-18-15(12)14/h2-8,10,16H,9H2,1H3,(H,17,18). The minimum absolute atomic E-state index is 0.745. The van der Waals surface area contributed by atoms with Gasteiger partial charge in [-0.25, -0.2) is 0 Å². The first-order valence-corrected chi connectivity index (χ1v) is 6.16. The number of anilines is 1. The van der Waals surface area contributed by atoms with Crippen LogP contribution < -0.4 is 10.1 Å². The van der Waals surface area contributed by atoms with Crippen LogP contribution in [0.15, 0.2) is 48.7 Å². The highest BCUT2D eigenvalue weighted by Crippen LogP contribution is 2.21. The number of aromatic nitrogens is 2. The van der Waals surface area contributed by atoms with Gasteiger partial charge in [0.25, 0.3) is 0 Å². The van der Waals surface area contributed by atoms with Crippen molar-refractivity contribution in [2.45, 2.75) is 6.54 Å². The third-order valence-corrected chi connectivity index (χ3v) is 3.09. The number of hydrogen-bond acceptors (Lipinski definition) is 3. The summed E-state index contributed by atoms with van der Waals surface area (Å²) in [6.45, 7) is 0.745. The first-order valence-electron chi connectivity index (χ1n) is 6.16. The fourth-order valence-electron chi connectivity index (χ4n) is 2.10. The Morgan fingerprint density at radius 1 is 1.21 bits per heavy atom. The Morgan fingerprint density at radius 2 is 2.11 bits per heavy atom. The number of para-hydroxylation sites is 1. The van der Waals surface area contributed by atoms with E-state index in [9.17, 15) is 0 Å². The van der Waals surface area contributed by atoms with Crippen molar-refractivity contribution in [2.24, 2.45) is 0 Å². The second kappa shape index (κ2) is 5.02. The Labute approximate surface area is 111 Å². The zero-order valence-electron chi connectivity index (χ0n) is 10.7. The van der Waals surface area contributed by atoms with E-state index in [4.69, 9.17) is 4.74 Å². The van der Waals surface area contributed by atoms with Gasteiger partial charge in [-0.1, -0.05) is 24.3 Å². The number of benzene rings is 2. The van der Waals surface area contributed by atoms with Crippen LogP contribution in [-0.4, -0.2) is 17.3 Å². The molecule has 0 aliphatic carbocycles. The number of hydrogen-bond donors (Lipinski definition) is 2. The molecule has 3 rings (SSSR count). The maximum Gasteiger partial charge on any atom is 0.119 e. The van der Waals surface area contributed by atoms with Crippen molar-refractivity contribution in [2.75, 3.05) is 12.4 Å². The van der Waals surface area contributed by atoms with Gasteiger partial charge >= 0.3 is 0 Å². The molecular weight excluding hydrogens is 238 g/mol. The Balaban J connectivity index is 1.80. The molecule has 2 N–H and O–H groups in total. The highest BCUT2D eigenvalue weighted by molar-refractivity contribution is 5.89. The molecule has 96 valence electrons. The summed E-state index contributed by atoms with van der Waals surface area (Å²) in [5, 5.41) is 11.6. The van der Waals surface area contributed by atoms with Gasteiger partial charge < -0.3 is 10.1 Å². The Morgan fingerprint density at radius 3 is 3.00 bits per heavy atom. The summed E-state index contributed by atoms with van der Waals surface area (Å²) in [7, 11) is 1.68. The highest BCUT2D eigenvalue weighted by atomic mass is 16.5. The van der Waals surface area contributed by atoms with Crippen LogP contribution in [0.5, 0.6) is 5.75 Å². The van der Waals surface area contributed by atoms with Crippen LogP contribution in [0.4, 0.5) is 5.69 Å². The van der Waals surface area contributed by atoms with Crippen LogP contribution in [0.1, 0.15) is 5.56 Å². The molecule has 0 spiro atoms. The average molecular weight is 253 g/mol. The largest absolute Gasteiger partial charge is 0.497 e. The van der Waals surface area contributed by atoms with E-state index in [1.807, 2.05) is 42.6 Å². The summed E-state index contributed by atoms with van der Waals surface area (Å²) in [5.74, 6) is 0.874. The van der Waals surface area contributed by atoms with Gasteiger partial charge in [-0.05, 0) is 23.8 Å². The SMILES string of the molecule is COc1cccc(CNc2cccc3cn[nH]c23)c1. The number of aromatic amines is 1. The molecule has 0 atom stereocenters. The van der Waals surface area contributed by atoms with Crippen LogP contribution in [0.25, 0.3) is 10.9 Å². The quantitative estimate of drug-likeness (QED) is 0.750. The minimum atomic E-state index is 0.745. The topological polar surface area (TPSA) is 49.9 Å². The van der Waals surface area contributed by atoms with Crippen molar-refractivity contribution < 1.29 is 4.74 Å². The van der Waals surface area contributed by atoms with E-state index in [-0.39, 0.29) is 0 Å².